The highest BCUT2D eigenvalue weighted by Crippen LogP contribution is 2.24. The summed E-state index contributed by atoms with van der Waals surface area (Å²) in [4.78, 5) is 40.8. The van der Waals surface area contributed by atoms with Crippen LogP contribution in [0.2, 0.25) is 0 Å². The fourth-order valence-corrected chi connectivity index (χ4v) is 3.71. The van der Waals surface area contributed by atoms with E-state index in [1.54, 1.807) is 67.7 Å². The van der Waals surface area contributed by atoms with Gasteiger partial charge in [-0.2, -0.15) is 8.78 Å². The number of rotatable bonds is 7. The van der Waals surface area contributed by atoms with E-state index in [0.29, 0.717) is 22.3 Å². The van der Waals surface area contributed by atoms with Gasteiger partial charge in [-0.05, 0) is 47.5 Å². The van der Waals surface area contributed by atoms with Crippen molar-refractivity contribution in [2.45, 2.75) is 19.7 Å². The summed E-state index contributed by atoms with van der Waals surface area (Å²) in [5.74, 6) is -0.928. The van der Waals surface area contributed by atoms with Crippen molar-refractivity contribution in [3.8, 4) is 5.75 Å². The zero-order valence-electron chi connectivity index (χ0n) is 17.7. The summed E-state index contributed by atoms with van der Waals surface area (Å²) in [6, 6.07) is 19.5. The molecule has 0 spiro atoms. The molecule has 1 aliphatic heterocycles. The van der Waals surface area contributed by atoms with Gasteiger partial charge in [0.05, 0.1) is 17.7 Å². The van der Waals surface area contributed by atoms with Gasteiger partial charge in [0, 0.05) is 19.2 Å². The molecule has 1 heterocycles. The van der Waals surface area contributed by atoms with Crippen molar-refractivity contribution in [1.29, 1.82) is 0 Å². The number of nitrogens with zero attached hydrogens (tertiary/aromatic N) is 2. The molecule has 1 aliphatic rings. The predicted octanol–water partition coefficient (Wildman–Crippen LogP) is 4.36. The lowest BCUT2D eigenvalue weighted by Crippen LogP contribution is -2.29. The molecule has 0 fully saturated rings. The van der Waals surface area contributed by atoms with Crippen molar-refractivity contribution < 1.29 is 27.9 Å². The number of carbonyl (C=O) groups excluding carboxylic acids is 3. The highest BCUT2D eigenvalue weighted by Gasteiger charge is 2.35. The van der Waals surface area contributed by atoms with Crippen LogP contribution >= 0.6 is 0 Å². The second-order valence-corrected chi connectivity index (χ2v) is 7.63. The Morgan fingerprint density at radius 3 is 2.15 bits per heavy atom. The normalized spacial score (nSPS) is 12.8. The third-order valence-corrected chi connectivity index (χ3v) is 5.31. The van der Waals surface area contributed by atoms with Crippen molar-refractivity contribution in [2.24, 2.45) is 0 Å². The Kier molecular flexibility index (Phi) is 6.17. The van der Waals surface area contributed by atoms with Gasteiger partial charge in [0.15, 0.2) is 0 Å². The summed E-state index contributed by atoms with van der Waals surface area (Å²) in [7, 11) is 1.63. The van der Waals surface area contributed by atoms with Crippen LogP contribution < -0.4 is 4.74 Å². The molecule has 0 N–H and O–H groups in total. The number of alkyl halides is 2. The molecule has 168 valence electrons. The number of fused-ring (bicyclic) bond motifs is 1. The van der Waals surface area contributed by atoms with Gasteiger partial charge in [-0.25, -0.2) is 0 Å². The number of benzene rings is 3. The molecule has 6 nitrogen and oxygen atoms in total. The number of amides is 3. The van der Waals surface area contributed by atoms with Gasteiger partial charge in [0.2, 0.25) is 0 Å². The lowest BCUT2D eigenvalue weighted by Gasteiger charge is -2.19. The van der Waals surface area contributed by atoms with Crippen molar-refractivity contribution in [3.05, 3.63) is 101 Å². The summed E-state index contributed by atoms with van der Waals surface area (Å²) in [5, 5.41) is 0. The van der Waals surface area contributed by atoms with Crippen molar-refractivity contribution in [3.63, 3.8) is 0 Å². The molecule has 0 atom stereocenters. The van der Waals surface area contributed by atoms with E-state index in [4.69, 9.17) is 0 Å². The molecule has 33 heavy (non-hydrogen) atoms. The molecule has 8 heteroatoms. The van der Waals surface area contributed by atoms with Gasteiger partial charge in [0.25, 0.3) is 17.7 Å². The minimum Gasteiger partial charge on any atom is -0.435 e. The number of imide groups is 1. The van der Waals surface area contributed by atoms with E-state index in [-0.39, 0.29) is 36.6 Å². The smallest absolute Gasteiger partial charge is 0.387 e. The predicted molar refractivity (Wildman–Crippen MR) is 116 cm³/mol. The first kappa shape index (κ1) is 22.1. The van der Waals surface area contributed by atoms with Crippen molar-refractivity contribution in [2.75, 3.05) is 7.05 Å². The quantitative estimate of drug-likeness (QED) is 0.502. The lowest BCUT2D eigenvalue weighted by atomic mass is 10.1. The average molecular weight is 450 g/mol. The summed E-state index contributed by atoms with van der Waals surface area (Å²) >= 11 is 0. The number of carbonyl (C=O) groups is 3. The molecule has 0 saturated heterocycles. The highest BCUT2D eigenvalue weighted by atomic mass is 19.3. The maximum absolute atomic E-state index is 12.9. The number of ether oxygens (including phenoxy) is 1. The van der Waals surface area contributed by atoms with Crippen LogP contribution in [-0.4, -0.2) is 41.2 Å². The molecule has 3 aromatic rings. The van der Waals surface area contributed by atoms with Gasteiger partial charge in [-0.15, -0.1) is 0 Å². The van der Waals surface area contributed by atoms with Crippen LogP contribution in [-0.2, 0) is 13.1 Å². The van der Waals surface area contributed by atoms with E-state index < -0.39 is 6.61 Å². The molecule has 0 unspecified atom stereocenters. The number of hydrogen-bond donors (Lipinski definition) is 0. The molecular formula is C25H20F2N2O4. The standard InChI is InChI=1S/C25H20F2N2O4/c1-28(14-16-9-11-19(12-10-16)33-25(26)27)22(30)18-6-4-5-17(13-18)15-29-23(31)20-7-2-3-8-21(20)24(29)32/h2-13,25H,14-15H2,1H3. The third kappa shape index (κ3) is 4.74. The maximum atomic E-state index is 12.9. The van der Waals surface area contributed by atoms with Crippen LogP contribution in [0, 0.1) is 0 Å². The minimum absolute atomic E-state index is 0.0450. The number of halogens is 2. The van der Waals surface area contributed by atoms with E-state index in [9.17, 15) is 23.2 Å². The topological polar surface area (TPSA) is 66.9 Å². The molecule has 3 amide bonds. The second-order valence-electron chi connectivity index (χ2n) is 7.63. The van der Waals surface area contributed by atoms with Crippen LogP contribution in [0.5, 0.6) is 5.75 Å². The zero-order valence-corrected chi connectivity index (χ0v) is 17.7. The Hall–Kier alpha value is -4.07. The zero-order chi connectivity index (χ0) is 23.5. The summed E-state index contributed by atoms with van der Waals surface area (Å²) in [5.41, 5.74) is 2.55. The fraction of sp³-hybridized carbons (Fsp3) is 0.160. The van der Waals surface area contributed by atoms with Crippen LogP contribution in [0.3, 0.4) is 0 Å². The van der Waals surface area contributed by atoms with Crippen molar-refractivity contribution >= 4 is 17.7 Å². The van der Waals surface area contributed by atoms with Gasteiger partial charge in [-0.1, -0.05) is 36.4 Å². The number of hydrogen-bond acceptors (Lipinski definition) is 4. The van der Waals surface area contributed by atoms with Crippen LogP contribution in [0.4, 0.5) is 8.78 Å². The van der Waals surface area contributed by atoms with E-state index in [1.807, 2.05) is 0 Å². The Bertz CT molecular complexity index is 1180. The Balaban J connectivity index is 1.43. The fourth-order valence-electron chi connectivity index (χ4n) is 3.71. The summed E-state index contributed by atoms with van der Waals surface area (Å²) in [6.45, 7) is -2.58. The van der Waals surface area contributed by atoms with Gasteiger partial charge < -0.3 is 9.64 Å². The molecule has 4 rings (SSSR count). The monoisotopic (exact) mass is 450 g/mol. The van der Waals surface area contributed by atoms with E-state index >= 15 is 0 Å². The van der Waals surface area contributed by atoms with E-state index in [2.05, 4.69) is 4.74 Å². The molecule has 0 aliphatic carbocycles. The largest absolute Gasteiger partial charge is 0.435 e. The molecule has 0 saturated carbocycles. The third-order valence-electron chi connectivity index (χ3n) is 5.31. The Morgan fingerprint density at radius 2 is 1.55 bits per heavy atom. The summed E-state index contributed by atoms with van der Waals surface area (Å²) < 4.78 is 28.9. The summed E-state index contributed by atoms with van der Waals surface area (Å²) in [6.07, 6.45) is 0. The molecule has 0 bridgehead atoms. The van der Waals surface area contributed by atoms with Crippen molar-refractivity contribution in [1.82, 2.24) is 9.80 Å². The SMILES string of the molecule is CN(Cc1ccc(OC(F)F)cc1)C(=O)c1cccc(CN2C(=O)c3ccccc3C2=O)c1. The van der Waals surface area contributed by atoms with E-state index in [1.165, 1.54) is 21.9 Å². The first-order valence-electron chi connectivity index (χ1n) is 10.2. The second kappa shape index (κ2) is 9.20. The lowest BCUT2D eigenvalue weighted by molar-refractivity contribution is -0.0498. The van der Waals surface area contributed by atoms with Crippen LogP contribution in [0.15, 0.2) is 72.8 Å². The molecule has 3 aromatic carbocycles. The first-order valence-corrected chi connectivity index (χ1v) is 10.2. The van der Waals surface area contributed by atoms with Crippen LogP contribution in [0.25, 0.3) is 0 Å². The molecule has 0 aromatic heterocycles. The van der Waals surface area contributed by atoms with Gasteiger partial charge in [-0.3, -0.25) is 19.3 Å². The minimum atomic E-state index is -2.90. The average Bonchev–Trinajstić information content (AvgIpc) is 3.05. The molecular weight excluding hydrogens is 430 g/mol. The first-order chi connectivity index (χ1) is 15.8. The maximum Gasteiger partial charge on any atom is 0.387 e. The Labute approximate surface area is 189 Å². The van der Waals surface area contributed by atoms with Crippen LogP contribution in [0.1, 0.15) is 42.2 Å². The highest BCUT2D eigenvalue weighted by molar-refractivity contribution is 6.21. The van der Waals surface area contributed by atoms with E-state index in [0.717, 1.165) is 5.56 Å². The Morgan fingerprint density at radius 1 is 0.909 bits per heavy atom. The van der Waals surface area contributed by atoms with Gasteiger partial charge in [0.1, 0.15) is 5.75 Å². The molecule has 0 radical (unpaired) electrons. The van der Waals surface area contributed by atoms with Gasteiger partial charge >= 0.3 is 6.61 Å².